The molecule has 1 saturated heterocycles. The minimum atomic E-state index is -0.337. The SMILES string of the molecule is N#Cc1ccc(NC(=O)c2ccc(N3CCOCC3)nn2)cc1. The van der Waals surface area contributed by atoms with Crippen molar-refractivity contribution in [3.63, 3.8) is 0 Å². The van der Waals surface area contributed by atoms with E-state index >= 15 is 0 Å². The van der Waals surface area contributed by atoms with Crippen LogP contribution in [-0.2, 0) is 4.74 Å². The van der Waals surface area contributed by atoms with Gasteiger partial charge in [-0.2, -0.15) is 5.26 Å². The second kappa shape index (κ2) is 6.85. The van der Waals surface area contributed by atoms with E-state index in [1.807, 2.05) is 6.07 Å². The number of ether oxygens (including phenoxy) is 1. The van der Waals surface area contributed by atoms with Crippen LogP contribution in [0.2, 0.25) is 0 Å². The zero-order valence-corrected chi connectivity index (χ0v) is 12.4. The van der Waals surface area contributed by atoms with E-state index in [4.69, 9.17) is 10.00 Å². The Bertz CT molecular complexity index is 716. The van der Waals surface area contributed by atoms with E-state index in [-0.39, 0.29) is 11.6 Å². The summed E-state index contributed by atoms with van der Waals surface area (Å²) >= 11 is 0. The summed E-state index contributed by atoms with van der Waals surface area (Å²) in [5.74, 6) is 0.402. The lowest BCUT2D eigenvalue weighted by atomic mass is 10.2. The van der Waals surface area contributed by atoms with Gasteiger partial charge < -0.3 is 15.0 Å². The van der Waals surface area contributed by atoms with E-state index in [0.717, 1.165) is 18.9 Å². The van der Waals surface area contributed by atoms with Crippen LogP contribution in [0.3, 0.4) is 0 Å². The topological polar surface area (TPSA) is 91.1 Å². The fraction of sp³-hybridized carbons (Fsp3) is 0.250. The Morgan fingerprint density at radius 3 is 2.48 bits per heavy atom. The molecule has 1 aliphatic rings. The maximum absolute atomic E-state index is 12.1. The Balaban J connectivity index is 1.66. The molecule has 1 amide bonds. The van der Waals surface area contributed by atoms with Gasteiger partial charge >= 0.3 is 0 Å². The Morgan fingerprint density at radius 2 is 1.87 bits per heavy atom. The van der Waals surface area contributed by atoms with Crippen LogP contribution in [0.25, 0.3) is 0 Å². The number of rotatable bonds is 3. The first kappa shape index (κ1) is 14.9. The van der Waals surface area contributed by atoms with Crippen LogP contribution in [0.5, 0.6) is 0 Å². The molecule has 0 bridgehead atoms. The molecule has 1 fully saturated rings. The number of benzene rings is 1. The minimum absolute atomic E-state index is 0.242. The maximum atomic E-state index is 12.1. The summed E-state index contributed by atoms with van der Waals surface area (Å²) in [6, 6.07) is 12.1. The number of hydrogen-bond acceptors (Lipinski definition) is 6. The number of aromatic nitrogens is 2. The highest BCUT2D eigenvalue weighted by molar-refractivity contribution is 6.02. The first-order valence-electron chi connectivity index (χ1n) is 7.24. The lowest BCUT2D eigenvalue weighted by Crippen LogP contribution is -2.37. The molecule has 1 aromatic heterocycles. The van der Waals surface area contributed by atoms with E-state index < -0.39 is 0 Å². The van der Waals surface area contributed by atoms with Gasteiger partial charge in [0.1, 0.15) is 0 Å². The Hall–Kier alpha value is -2.98. The van der Waals surface area contributed by atoms with Gasteiger partial charge in [0.2, 0.25) is 0 Å². The Morgan fingerprint density at radius 1 is 1.13 bits per heavy atom. The second-order valence-electron chi connectivity index (χ2n) is 5.02. The molecule has 1 aliphatic heterocycles. The Labute approximate surface area is 133 Å². The molecule has 7 heteroatoms. The molecule has 0 radical (unpaired) electrons. The van der Waals surface area contributed by atoms with Gasteiger partial charge in [0, 0.05) is 18.8 Å². The van der Waals surface area contributed by atoms with Crippen LogP contribution < -0.4 is 10.2 Å². The number of amides is 1. The van der Waals surface area contributed by atoms with Crippen LogP contribution in [-0.4, -0.2) is 42.4 Å². The highest BCUT2D eigenvalue weighted by Gasteiger charge is 2.14. The van der Waals surface area contributed by atoms with Gasteiger partial charge in [-0.3, -0.25) is 4.79 Å². The van der Waals surface area contributed by atoms with E-state index in [2.05, 4.69) is 20.4 Å². The van der Waals surface area contributed by atoms with Crippen molar-refractivity contribution < 1.29 is 9.53 Å². The average Bonchev–Trinajstić information content (AvgIpc) is 2.63. The van der Waals surface area contributed by atoms with Crippen LogP contribution in [0, 0.1) is 11.3 Å². The van der Waals surface area contributed by atoms with E-state index in [1.54, 1.807) is 36.4 Å². The predicted octanol–water partition coefficient (Wildman–Crippen LogP) is 1.44. The summed E-state index contributed by atoms with van der Waals surface area (Å²) in [6.07, 6.45) is 0. The van der Waals surface area contributed by atoms with Gasteiger partial charge in [0.05, 0.1) is 24.8 Å². The molecular formula is C16H15N5O2. The molecule has 0 saturated carbocycles. The molecule has 3 rings (SSSR count). The normalized spacial score (nSPS) is 14.1. The molecule has 2 heterocycles. The van der Waals surface area contributed by atoms with Gasteiger partial charge in [-0.25, -0.2) is 0 Å². The Kier molecular flexibility index (Phi) is 4.45. The van der Waals surface area contributed by atoms with E-state index in [1.165, 1.54) is 0 Å². The van der Waals surface area contributed by atoms with Crippen LogP contribution in [0.4, 0.5) is 11.5 Å². The zero-order valence-electron chi connectivity index (χ0n) is 12.4. The molecular weight excluding hydrogens is 294 g/mol. The first-order valence-corrected chi connectivity index (χ1v) is 7.24. The van der Waals surface area contributed by atoms with Gasteiger partial charge in [0.25, 0.3) is 5.91 Å². The van der Waals surface area contributed by atoms with Crippen molar-refractivity contribution in [1.82, 2.24) is 10.2 Å². The maximum Gasteiger partial charge on any atom is 0.276 e. The monoisotopic (exact) mass is 309 g/mol. The molecule has 0 spiro atoms. The highest BCUT2D eigenvalue weighted by atomic mass is 16.5. The van der Waals surface area contributed by atoms with Crippen LogP contribution in [0.1, 0.15) is 16.1 Å². The first-order chi connectivity index (χ1) is 11.3. The highest BCUT2D eigenvalue weighted by Crippen LogP contribution is 2.13. The van der Waals surface area contributed by atoms with Crippen LogP contribution >= 0.6 is 0 Å². The van der Waals surface area contributed by atoms with Crippen molar-refractivity contribution in [2.75, 3.05) is 36.5 Å². The summed E-state index contributed by atoms with van der Waals surface area (Å²) in [5, 5.41) is 19.6. The number of nitriles is 1. The largest absolute Gasteiger partial charge is 0.378 e. The fourth-order valence-corrected chi connectivity index (χ4v) is 2.23. The van der Waals surface area contributed by atoms with Crippen molar-refractivity contribution in [3.8, 4) is 6.07 Å². The minimum Gasteiger partial charge on any atom is -0.378 e. The summed E-state index contributed by atoms with van der Waals surface area (Å²) in [7, 11) is 0. The van der Waals surface area contributed by atoms with Crippen LogP contribution in [0.15, 0.2) is 36.4 Å². The van der Waals surface area contributed by atoms with E-state index in [0.29, 0.717) is 24.5 Å². The van der Waals surface area contributed by atoms with Crippen molar-refractivity contribution in [2.45, 2.75) is 0 Å². The predicted molar refractivity (Wildman–Crippen MR) is 84.2 cm³/mol. The van der Waals surface area contributed by atoms with Gasteiger partial charge in [-0.1, -0.05) is 0 Å². The molecule has 23 heavy (non-hydrogen) atoms. The quantitative estimate of drug-likeness (QED) is 0.922. The number of anilines is 2. The fourth-order valence-electron chi connectivity index (χ4n) is 2.23. The lowest BCUT2D eigenvalue weighted by molar-refractivity contribution is 0.102. The molecule has 116 valence electrons. The lowest BCUT2D eigenvalue weighted by Gasteiger charge is -2.27. The van der Waals surface area contributed by atoms with E-state index in [9.17, 15) is 4.79 Å². The van der Waals surface area contributed by atoms with Crippen molar-refractivity contribution in [2.24, 2.45) is 0 Å². The number of hydrogen-bond donors (Lipinski definition) is 1. The zero-order chi connectivity index (χ0) is 16.1. The number of nitrogens with one attached hydrogen (secondary N) is 1. The van der Waals surface area contributed by atoms with Crippen molar-refractivity contribution in [3.05, 3.63) is 47.7 Å². The van der Waals surface area contributed by atoms with Gasteiger partial charge in [-0.15, -0.1) is 10.2 Å². The number of nitrogens with zero attached hydrogens (tertiary/aromatic N) is 4. The summed E-state index contributed by atoms with van der Waals surface area (Å²) in [4.78, 5) is 14.2. The smallest absolute Gasteiger partial charge is 0.276 e. The molecule has 0 unspecified atom stereocenters. The number of morpholine rings is 1. The van der Waals surface area contributed by atoms with Crippen molar-refractivity contribution in [1.29, 1.82) is 5.26 Å². The molecule has 0 atom stereocenters. The summed E-state index contributed by atoms with van der Waals surface area (Å²) in [5.41, 5.74) is 1.39. The molecule has 1 N–H and O–H groups in total. The average molecular weight is 309 g/mol. The molecule has 2 aromatic rings. The third-order valence-corrected chi connectivity index (χ3v) is 3.49. The molecule has 1 aromatic carbocycles. The number of carbonyl (C=O) groups is 1. The summed E-state index contributed by atoms with van der Waals surface area (Å²) < 4.78 is 5.29. The molecule has 7 nitrogen and oxygen atoms in total. The number of carbonyl (C=O) groups excluding carboxylic acids is 1. The van der Waals surface area contributed by atoms with Gasteiger partial charge in [0.15, 0.2) is 11.5 Å². The second-order valence-corrected chi connectivity index (χ2v) is 5.02. The summed E-state index contributed by atoms with van der Waals surface area (Å²) in [6.45, 7) is 2.88. The van der Waals surface area contributed by atoms with Crippen molar-refractivity contribution >= 4 is 17.4 Å². The molecule has 0 aliphatic carbocycles. The van der Waals surface area contributed by atoms with Gasteiger partial charge in [-0.05, 0) is 36.4 Å². The third kappa shape index (κ3) is 3.62. The third-order valence-electron chi connectivity index (χ3n) is 3.49. The standard InChI is InChI=1S/C16H15N5O2/c17-11-12-1-3-13(4-2-12)18-16(22)14-5-6-15(20-19-14)21-7-9-23-10-8-21/h1-6H,7-10H2,(H,18,22).